The molecule has 0 saturated heterocycles. The van der Waals surface area contributed by atoms with Gasteiger partial charge in [-0.15, -0.1) is 11.8 Å². The van der Waals surface area contributed by atoms with Crippen LogP contribution < -0.4 is 14.8 Å². The van der Waals surface area contributed by atoms with Crippen LogP contribution in [-0.2, 0) is 10.5 Å². The quantitative estimate of drug-likeness (QED) is 0.876. The Morgan fingerprint density at radius 1 is 1.22 bits per heavy atom. The summed E-state index contributed by atoms with van der Waals surface area (Å²) in [6.45, 7) is 2.20. The van der Waals surface area contributed by atoms with Crippen molar-refractivity contribution in [2.75, 3.05) is 17.9 Å². The molecule has 0 aromatic heterocycles. The Hall–Kier alpha value is -1.85. The number of anilines is 1. The number of thioether (sulfide) groups is 1. The molecule has 1 aliphatic heterocycles. The van der Waals surface area contributed by atoms with Gasteiger partial charge in [0, 0.05) is 16.5 Å². The third-order valence-electron chi connectivity index (χ3n) is 3.39. The van der Waals surface area contributed by atoms with Crippen molar-refractivity contribution in [1.82, 2.24) is 0 Å². The summed E-state index contributed by atoms with van der Waals surface area (Å²) in [4.78, 5) is 12.0. The average molecular weight is 350 g/mol. The van der Waals surface area contributed by atoms with Gasteiger partial charge in [0.05, 0.1) is 5.75 Å². The SMILES string of the molecule is Cc1ccc(NC(=O)CSCc2ccc3c(c2)OCO3)cc1Cl. The number of rotatable bonds is 5. The third kappa shape index (κ3) is 4.12. The first-order valence-corrected chi connectivity index (χ1v) is 8.67. The number of carbonyl (C=O) groups excluding carboxylic acids is 1. The number of nitrogens with one attached hydrogen (secondary N) is 1. The fraction of sp³-hybridized carbons (Fsp3) is 0.235. The molecule has 2 aromatic rings. The summed E-state index contributed by atoms with van der Waals surface area (Å²) in [5.41, 5.74) is 2.81. The molecule has 0 aliphatic carbocycles. The number of ether oxygens (including phenoxy) is 2. The second-order valence-electron chi connectivity index (χ2n) is 5.19. The summed E-state index contributed by atoms with van der Waals surface area (Å²) in [5.74, 6) is 2.60. The fourth-order valence-electron chi connectivity index (χ4n) is 2.16. The van der Waals surface area contributed by atoms with Crippen LogP contribution in [-0.4, -0.2) is 18.5 Å². The third-order valence-corrected chi connectivity index (χ3v) is 4.81. The average Bonchev–Trinajstić information content (AvgIpc) is 2.98. The number of hydrogen-bond donors (Lipinski definition) is 1. The summed E-state index contributed by atoms with van der Waals surface area (Å²) in [6, 6.07) is 11.3. The highest BCUT2D eigenvalue weighted by Crippen LogP contribution is 2.33. The van der Waals surface area contributed by atoms with Crippen LogP contribution >= 0.6 is 23.4 Å². The minimum atomic E-state index is -0.0457. The van der Waals surface area contributed by atoms with E-state index in [-0.39, 0.29) is 12.7 Å². The molecular weight excluding hydrogens is 334 g/mol. The predicted octanol–water partition coefficient (Wildman–Crippen LogP) is 4.25. The lowest BCUT2D eigenvalue weighted by Gasteiger charge is -2.07. The standard InChI is InChI=1S/C17H16ClNO3S/c1-11-2-4-13(7-14(11)18)19-17(20)9-23-8-12-3-5-15-16(6-12)22-10-21-15/h2-7H,8-10H2,1H3,(H,19,20). The summed E-state index contributed by atoms with van der Waals surface area (Å²) in [7, 11) is 0. The number of hydrogen-bond acceptors (Lipinski definition) is 4. The van der Waals surface area contributed by atoms with E-state index in [2.05, 4.69) is 5.32 Å². The van der Waals surface area contributed by atoms with Crippen molar-refractivity contribution < 1.29 is 14.3 Å². The molecule has 0 radical (unpaired) electrons. The largest absolute Gasteiger partial charge is 0.454 e. The lowest BCUT2D eigenvalue weighted by molar-refractivity contribution is -0.113. The Balaban J connectivity index is 1.48. The second-order valence-corrected chi connectivity index (χ2v) is 6.59. The molecule has 1 aliphatic rings. The molecule has 1 heterocycles. The van der Waals surface area contributed by atoms with Gasteiger partial charge in [0.15, 0.2) is 11.5 Å². The molecule has 6 heteroatoms. The molecular formula is C17H16ClNO3S. The van der Waals surface area contributed by atoms with Crippen LogP contribution in [0.15, 0.2) is 36.4 Å². The van der Waals surface area contributed by atoms with Gasteiger partial charge in [-0.1, -0.05) is 23.7 Å². The van der Waals surface area contributed by atoms with E-state index in [1.54, 1.807) is 17.8 Å². The van der Waals surface area contributed by atoms with Crippen LogP contribution in [0.2, 0.25) is 5.02 Å². The normalized spacial score (nSPS) is 12.3. The first kappa shape index (κ1) is 16.0. The minimum absolute atomic E-state index is 0.0457. The summed E-state index contributed by atoms with van der Waals surface area (Å²) < 4.78 is 10.6. The van der Waals surface area contributed by atoms with Crippen LogP contribution in [0.3, 0.4) is 0 Å². The highest BCUT2D eigenvalue weighted by Gasteiger charge is 2.13. The molecule has 2 aromatic carbocycles. The molecule has 1 N–H and O–H groups in total. The maximum absolute atomic E-state index is 12.0. The van der Waals surface area contributed by atoms with Crippen molar-refractivity contribution in [3.63, 3.8) is 0 Å². The minimum Gasteiger partial charge on any atom is -0.454 e. The number of amides is 1. The van der Waals surface area contributed by atoms with E-state index in [0.717, 1.165) is 28.4 Å². The van der Waals surface area contributed by atoms with Crippen LogP contribution in [0.4, 0.5) is 5.69 Å². The van der Waals surface area contributed by atoms with Gasteiger partial charge >= 0.3 is 0 Å². The summed E-state index contributed by atoms with van der Waals surface area (Å²) >= 11 is 7.59. The van der Waals surface area contributed by atoms with Crippen LogP contribution in [0.25, 0.3) is 0 Å². The number of halogens is 1. The van der Waals surface area contributed by atoms with Gasteiger partial charge < -0.3 is 14.8 Å². The van der Waals surface area contributed by atoms with Gasteiger partial charge in [-0.05, 0) is 42.3 Å². The second kappa shape index (κ2) is 7.15. The summed E-state index contributed by atoms with van der Waals surface area (Å²) in [5, 5.41) is 3.50. The topological polar surface area (TPSA) is 47.6 Å². The highest BCUT2D eigenvalue weighted by molar-refractivity contribution is 7.99. The van der Waals surface area contributed by atoms with E-state index in [1.807, 2.05) is 37.3 Å². The Morgan fingerprint density at radius 2 is 2.04 bits per heavy atom. The van der Waals surface area contributed by atoms with Gasteiger partial charge in [-0.25, -0.2) is 0 Å². The monoisotopic (exact) mass is 349 g/mol. The first-order chi connectivity index (χ1) is 11.1. The van der Waals surface area contributed by atoms with Crippen LogP contribution in [0, 0.1) is 6.92 Å². The van der Waals surface area contributed by atoms with E-state index in [1.165, 1.54) is 0 Å². The lowest BCUT2D eigenvalue weighted by atomic mass is 10.2. The van der Waals surface area contributed by atoms with E-state index >= 15 is 0 Å². The molecule has 0 unspecified atom stereocenters. The van der Waals surface area contributed by atoms with Gasteiger partial charge in [0.1, 0.15) is 0 Å². The van der Waals surface area contributed by atoms with Crippen molar-refractivity contribution >= 4 is 35.0 Å². The van der Waals surface area contributed by atoms with Gasteiger partial charge in [0.25, 0.3) is 0 Å². The molecule has 0 spiro atoms. The molecule has 0 bridgehead atoms. The van der Waals surface area contributed by atoms with Crippen LogP contribution in [0.5, 0.6) is 11.5 Å². The molecule has 23 heavy (non-hydrogen) atoms. The molecule has 0 saturated carbocycles. The smallest absolute Gasteiger partial charge is 0.234 e. The van der Waals surface area contributed by atoms with Crippen molar-refractivity contribution in [2.24, 2.45) is 0 Å². The maximum atomic E-state index is 12.0. The molecule has 120 valence electrons. The number of aryl methyl sites for hydroxylation is 1. The Kier molecular flexibility index (Phi) is 4.98. The van der Waals surface area contributed by atoms with Crippen molar-refractivity contribution in [1.29, 1.82) is 0 Å². The van der Waals surface area contributed by atoms with Crippen LogP contribution in [0.1, 0.15) is 11.1 Å². The molecule has 1 amide bonds. The molecule has 0 fully saturated rings. The van der Waals surface area contributed by atoms with E-state index in [0.29, 0.717) is 16.5 Å². The van der Waals surface area contributed by atoms with E-state index in [9.17, 15) is 4.79 Å². The number of benzene rings is 2. The summed E-state index contributed by atoms with van der Waals surface area (Å²) in [6.07, 6.45) is 0. The van der Waals surface area contributed by atoms with E-state index < -0.39 is 0 Å². The number of carbonyl (C=O) groups is 1. The maximum Gasteiger partial charge on any atom is 0.234 e. The Bertz CT molecular complexity index is 736. The van der Waals surface area contributed by atoms with E-state index in [4.69, 9.17) is 21.1 Å². The molecule has 4 nitrogen and oxygen atoms in total. The zero-order valence-corrected chi connectivity index (χ0v) is 14.2. The van der Waals surface area contributed by atoms with Crippen molar-refractivity contribution in [3.8, 4) is 11.5 Å². The van der Waals surface area contributed by atoms with Gasteiger partial charge in [-0.2, -0.15) is 0 Å². The first-order valence-electron chi connectivity index (χ1n) is 7.14. The number of fused-ring (bicyclic) bond motifs is 1. The van der Waals surface area contributed by atoms with Crippen molar-refractivity contribution in [2.45, 2.75) is 12.7 Å². The molecule has 3 rings (SSSR count). The fourth-order valence-corrected chi connectivity index (χ4v) is 3.12. The molecule has 0 atom stereocenters. The van der Waals surface area contributed by atoms with Gasteiger partial charge in [-0.3, -0.25) is 4.79 Å². The predicted molar refractivity (Wildman–Crippen MR) is 93.5 cm³/mol. The van der Waals surface area contributed by atoms with Gasteiger partial charge in [0.2, 0.25) is 12.7 Å². The van der Waals surface area contributed by atoms with Crippen molar-refractivity contribution in [3.05, 3.63) is 52.5 Å². The Labute approximate surface area is 144 Å². The lowest BCUT2D eigenvalue weighted by Crippen LogP contribution is -2.14. The highest BCUT2D eigenvalue weighted by atomic mass is 35.5. The zero-order chi connectivity index (χ0) is 16.2. The zero-order valence-electron chi connectivity index (χ0n) is 12.6. The Morgan fingerprint density at radius 3 is 2.87 bits per heavy atom.